The molecule has 0 saturated carbocycles. The molecule has 25 heavy (non-hydrogen) atoms. The first-order valence-electron chi connectivity index (χ1n) is 8.17. The molecular weight excluding hydrogens is 334 g/mol. The van der Waals surface area contributed by atoms with Crippen molar-refractivity contribution in [1.29, 1.82) is 0 Å². The van der Waals surface area contributed by atoms with Gasteiger partial charge < -0.3 is 5.32 Å². The van der Waals surface area contributed by atoms with Gasteiger partial charge in [0.05, 0.1) is 11.0 Å². The van der Waals surface area contributed by atoms with Gasteiger partial charge in [0.1, 0.15) is 0 Å². The van der Waals surface area contributed by atoms with Crippen LogP contribution in [-0.2, 0) is 6.42 Å². The maximum Gasteiger partial charge on any atom is 0.320 e. The monoisotopic (exact) mass is 351 g/mol. The van der Waals surface area contributed by atoms with Crippen molar-refractivity contribution in [2.75, 3.05) is 5.32 Å². The standard InChI is InChI=1S/C18H17N5OS/c24-18(23-16-7-3-9-25-16)22-15-6-1-5-14-13(15)11-20-17(21-14)12-4-2-8-19-10-12/h2-4,7-11,15H,1,5-6H2,(H2,22,23,24)/t15-/m0/s1. The van der Waals surface area contributed by atoms with E-state index < -0.39 is 0 Å². The lowest BCUT2D eigenvalue weighted by atomic mass is 9.92. The third-order valence-corrected chi connectivity index (χ3v) is 4.95. The zero-order valence-corrected chi connectivity index (χ0v) is 14.3. The molecule has 0 fully saturated rings. The van der Waals surface area contributed by atoms with E-state index >= 15 is 0 Å². The largest absolute Gasteiger partial charge is 0.331 e. The zero-order chi connectivity index (χ0) is 17.1. The Balaban J connectivity index is 1.53. The summed E-state index contributed by atoms with van der Waals surface area (Å²) in [5.74, 6) is 0.676. The summed E-state index contributed by atoms with van der Waals surface area (Å²) in [5, 5.41) is 8.65. The highest BCUT2D eigenvalue weighted by atomic mass is 32.1. The molecule has 2 amide bonds. The van der Waals surface area contributed by atoms with Crippen molar-refractivity contribution in [3.8, 4) is 11.4 Å². The molecule has 1 aliphatic rings. The van der Waals surface area contributed by atoms with Crippen LogP contribution >= 0.6 is 11.3 Å². The lowest BCUT2D eigenvalue weighted by Crippen LogP contribution is -2.34. The summed E-state index contributed by atoms with van der Waals surface area (Å²) in [4.78, 5) is 25.5. The summed E-state index contributed by atoms with van der Waals surface area (Å²) >= 11 is 1.50. The first kappa shape index (κ1) is 15.7. The Hall–Kier alpha value is -2.80. The Morgan fingerprint density at radius 3 is 3.00 bits per heavy atom. The van der Waals surface area contributed by atoms with E-state index in [0.717, 1.165) is 41.1 Å². The predicted octanol–water partition coefficient (Wildman–Crippen LogP) is 3.80. The molecule has 0 unspecified atom stereocenters. The molecule has 6 nitrogen and oxygen atoms in total. The highest BCUT2D eigenvalue weighted by molar-refractivity contribution is 7.14. The Kier molecular flexibility index (Phi) is 4.39. The number of hydrogen-bond acceptors (Lipinski definition) is 5. The molecule has 1 aliphatic carbocycles. The number of pyridine rings is 1. The second-order valence-corrected chi connectivity index (χ2v) is 6.81. The van der Waals surface area contributed by atoms with Crippen molar-refractivity contribution in [2.45, 2.75) is 25.3 Å². The molecule has 0 aliphatic heterocycles. The molecule has 3 aromatic rings. The van der Waals surface area contributed by atoms with Gasteiger partial charge in [-0.2, -0.15) is 0 Å². The van der Waals surface area contributed by atoms with Gasteiger partial charge in [0.25, 0.3) is 0 Å². The first-order chi connectivity index (χ1) is 12.3. The van der Waals surface area contributed by atoms with Crippen LogP contribution in [0.5, 0.6) is 0 Å². The number of fused-ring (bicyclic) bond motifs is 1. The van der Waals surface area contributed by atoms with Crippen LogP contribution < -0.4 is 10.6 Å². The molecule has 0 radical (unpaired) electrons. The Morgan fingerprint density at radius 2 is 2.20 bits per heavy atom. The van der Waals surface area contributed by atoms with E-state index in [-0.39, 0.29) is 12.1 Å². The second-order valence-electron chi connectivity index (χ2n) is 5.86. The third kappa shape index (κ3) is 3.51. The van der Waals surface area contributed by atoms with Crippen molar-refractivity contribution in [3.63, 3.8) is 0 Å². The van der Waals surface area contributed by atoms with E-state index in [9.17, 15) is 4.79 Å². The van der Waals surface area contributed by atoms with Crippen LogP contribution in [-0.4, -0.2) is 21.0 Å². The van der Waals surface area contributed by atoms with Crippen LogP contribution in [0.25, 0.3) is 11.4 Å². The van der Waals surface area contributed by atoms with Crippen molar-refractivity contribution >= 4 is 22.4 Å². The number of anilines is 1. The van der Waals surface area contributed by atoms with Gasteiger partial charge in [-0.1, -0.05) is 0 Å². The quantitative estimate of drug-likeness (QED) is 0.752. The van der Waals surface area contributed by atoms with E-state index in [1.165, 1.54) is 11.3 Å². The van der Waals surface area contributed by atoms with Crippen LogP contribution in [0.2, 0.25) is 0 Å². The number of rotatable bonds is 3. The Morgan fingerprint density at radius 1 is 1.24 bits per heavy atom. The van der Waals surface area contributed by atoms with Crippen molar-refractivity contribution in [1.82, 2.24) is 20.3 Å². The highest BCUT2D eigenvalue weighted by Crippen LogP contribution is 2.29. The third-order valence-electron chi connectivity index (χ3n) is 4.16. The number of aromatic nitrogens is 3. The zero-order valence-electron chi connectivity index (χ0n) is 13.5. The maximum atomic E-state index is 12.2. The van der Waals surface area contributed by atoms with Crippen LogP contribution in [0.15, 0.2) is 48.2 Å². The van der Waals surface area contributed by atoms with Gasteiger partial charge in [-0.25, -0.2) is 14.8 Å². The molecular formula is C18H17N5OS. The molecule has 0 aromatic carbocycles. The highest BCUT2D eigenvalue weighted by Gasteiger charge is 2.24. The summed E-state index contributed by atoms with van der Waals surface area (Å²) in [6.07, 6.45) is 8.10. The number of hydrogen-bond donors (Lipinski definition) is 2. The molecule has 3 heterocycles. The fraction of sp³-hybridized carbons (Fsp3) is 0.222. The average molecular weight is 351 g/mol. The van der Waals surface area contributed by atoms with E-state index in [1.807, 2.05) is 35.8 Å². The summed E-state index contributed by atoms with van der Waals surface area (Å²) in [5.41, 5.74) is 2.90. The summed E-state index contributed by atoms with van der Waals surface area (Å²) in [6, 6.07) is 7.34. The fourth-order valence-electron chi connectivity index (χ4n) is 2.99. The van der Waals surface area contributed by atoms with Gasteiger partial charge in [-0.3, -0.25) is 10.3 Å². The lowest BCUT2D eigenvalue weighted by molar-refractivity contribution is 0.247. The second kappa shape index (κ2) is 6.98. The number of amides is 2. The van der Waals surface area contributed by atoms with Gasteiger partial charge in [-0.15, -0.1) is 11.3 Å². The topological polar surface area (TPSA) is 79.8 Å². The minimum absolute atomic E-state index is 0.0633. The number of carbonyl (C=O) groups is 1. The molecule has 0 saturated heterocycles. The minimum atomic E-state index is -0.198. The number of nitrogens with zero attached hydrogens (tertiary/aromatic N) is 3. The van der Waals surface area contributed by atoms with Gasteiger partial charge in [0, 0.05) is 35.4 Å². The van der Waals surface area contributed by atoms with Crippen molar-refractivity contribution in [3.05, 3.63) is 59.5 Å². The molecule has 2 N–H and O–H groups in total. The number of aryl methyl sites for hydroxylation is 1. The van der Waals surface area contributed by atoms with Crippen molar-refractivity contribution in [2.24, 2.45) is 0 Å². The Bertz CT molecular complexity index is 866. The predicted molar refractivity (Wildman–Crippen MR) is 97.4 cm³/mol. The van der Waals surface area contributed by atoms with Gasteiger partial charge >= 0.3 is 6.03 Å². The smallest absolute Gasteiger partial charge is 0.320 e. The average Bonchev–Trinajstić information content (AvgIpc) is 3.15. The van der Waals surface area contributed by atoms with Gasteiger partial charge in [0.15, 0.2) is 5.82 Å². The van der Waals surface area contributed by atoms with E-state index in [4.69, 9.17) is 4.98 Å². The van der Waals surface area contributed by atoms with Crippen LogP contribution in [0, 0.1) is 0 Å². The molecule has 1 atom stereocenters. The number of urea groups is 1. The SMILES string of the molecule is O=C(Nc1cccs1)N[C@H]1CCCc2nc(-c3cccnc3)ncc21. The van der Waals surface area contributed by atoms with E-state index in [2.05, 4.69) is 20.6 Å². The van der Waals surface area contributed by atoms with E-state index in [1.54, 1.807) is 12.4 Å². The lowest BCUT2D eigenvalue weighted by Gasteiger charge is -2.25. The van der Waals surface area contributed by atoms with Crippen molar-refractivity contribution < 1.29 is 4.79 Å². The van der Waals surface area contributed by atoms with E-state index in [0.29, 0.717) is 5.82 Å². The number of thiophene rings is 1. The van der Waals surface area contributed by atoms with Crippen LogP contribution in [0.4, 0.5) is 9.80 Å². The number of carbonyl (C=O) groups excluding carboxylic acids is 1. The van der Waals surface area contributed by atoms with Gasteiger partial charge in [-0.05, 0) is 48.9 Å². The van der Waals surface area contributed by atoms with Crippen LogP contribution in [0.1, 0.15) is 30.1 Å². The minimum Gasteiger partial charge on any atom is -0.331 e. The molecule has 3 aromatic heterocycles. The molecule has 0 spiro atoms. The molecule has 7 heteroatoms. The molecule has 4 rings (SSSR count). The fourth-order valence-corrected chi connectivity index (χ4v) is 3.60. The first-order valence-corrected chi connectivity index (χ1v) is 9.05. The summed E-state index contributed by atoms with van der Waals surface area (Å²) in [7, 11) is 0. The molecule has 0 bridgehead atoms. The van der Waals surface area contributed by atoms with Gasteiger partial charge in [0.2, 0.25) is 0 Å². The summed E-state index contributed by atoms with van der Waals surface area (Å²) in [6.45, 7) is 0. The van der Waals surface area contributed by atoms with Crippen LogP contribution in [0.3, 0.4) is 0 Å². The summed E-state index contributed by atoms with van der Waals surface area (Å²) < 4.78 is 0. The normalized spacial score (nSPS) is 16.1. The maximum absolute atomic E-state index is 12.2. The number of nitrogens with one attached hydrogen (secondary N) is 2. The Labute approximate surface area is 149 Å². The molecule has 126 valence electrons.